The molecule has 4 aromatic carbocycles. The number of hydrogen-bond acceptors (Lipinski definition) is 1. The van der Waals surface area contributed by atoms with Crippen LogP contribution in [0.25, 0.3) is 11.1 Å². The van der Waals surface area contributed by atoms with E-state index in [1.54, 1.807) is 0 Å². The third-order valence-corrected chi connectivity index (χ3v) is 7.70. The third-order valence-electron chi connectivity index (χ3n) is 7.70. The summed E-state index contributed by atoms with van der Waals surface area (Å²) in [5, 5.41) is 0. The Hall–Kier alpha value is -3.16. The van der Waals surface area contributed by atoms with Gasteiger partial charge in [-0.25, -0.2) is 0 Å². The molecule has 0 bridgehead atoms. The number of rotatable bonds is 6. The van der Waals surface area contributed by atoms with Gasteiger partial charge < -0.3 is 0 Å². The summed E-state index contributed by atoms with van der Waals surface area (Å²) in [6.07, 6.45) is 0. The fourth-order valence-electron chi connectivity index (χ4n) is 6.19. The molecule has 1 aliphatic carbocycles. The minimum absolute atomic E-state index is 0.0780. The lowest BCUT2D eigenvalue weighted by Gasteiger charge is -2.39. The molecule has 0 aliphatic heterocycles. The summed E-state index contributed by atoms with van der Waals surface area (Å²) in [6, 6.07) is 38.1. The van der Waals surface area contributed by atoms with Gasteiger partial charge in [-0.2, -0.15) is 0 Å². The van der Waals surface area contributed by atoms with Crippen LogP contribution in [0.1, 0.15) is 55.5 Å². The maximum atomic E-state index is 2.57. The molecule has 166 valence electrons. The summed E-state index contributed by atoms with van der Waals surface area (Å²) in [7, 11) is 0. The lowest BCUT2D eigenvalue weighted by atomic mass is 9.67. The van der Waals surface area contributed by atoms with Gasteiger partial charge >= 0.3 is 0 Å². The van der Waals surface area contributed by atoms with Gasteiger partial charge in [0.1, 0.15) is 0 Å². The van der Waals surface area contributed by atoms with Gasteiger partial charge in [0.15, 0.2) is 0 Å². The van der Waals surface area contributed by atoms with Crippen LogP contribution in [0.4, 0.5) is 0 Å². The molecule has 0 atom stereocenters. The van der Waals surface area contributed by atoms with Gasteiger partial charge in [0.25, 0.3) is 0 Å². The molecular formula is C32H33N. The van der Waals surface area contributed by atoms with Gasteiger partial charge in [-0.3, -0.25) is 4.90 Å². The van der Waals surface area contributed by atoms with E-state index in [0.29, 0.717) is 0 Å². The second kappa shape index (κ2) is 8.32. The molecule has 5 rings (SSSR count). The van der Waals surface area contributed by atoms with Crippen molar-refractivity contribution in [3.05, 3.63) is 131 Å². The summed E-state index contributed by atoms with van der Waals surface area (Å²) < 4.78 is 0. The van der Waals surface area contributed by atoms with E-state index in [2.05, 4.69) is 136 Å². The highest BCUT2D eigenvalue weighted by atomic mass is 15.2. The van der Waals surface area contributed by atoms with Crippen molar-refractivity contribution in [3.63, 3.8) is 0 Å². The highest BCUT2D eigenvalue weighted by Crippen LogP contribution is 2.58. The number of benzene rings is 4. The Kier molecular flexibility index (Phi) is 5.46. The van der Waals surface area contributed by atoms with Crippen molar-refractivity contribution in [2.45, 2.75) is 38.6 Å². The summed E-state index contributed by atoms with van der Waals surface area (Å²) in [5.74, 6) is 0. The SMILES string of the molecule is CCN(CC)C(C)(C)c1cccc2c1-c1ccccc1C2(c1ccccc1)c1ccccc1. The first-order valence-electron chi connectivity index (χ1n) is 12.2. The molecule has 1 nitrogen and oxygen atoms in total. The molecule has 0 fully saturated rings. The first-order chi connectivity index (χ1) is 16.1. The maximum absolute atomic E-state index is 2.57. The molecular weight excluding hydrogens is 398 g/mol. The zero-order chi connectivity index (χ0) is 23.1. The normalized spacial score (nSPS) is 14.2. The Labute approximate surface area is 198 Å². The molecule has 4 aromatic rings. The molecule has 0 radical (unpaired) electrons. The van der Waals surface area contributed by atoms with Crippen LogP contribution >= 0.6 is 0 Å². The summed E-state index contributed by atoms with van der Waals surface area (Å²) in [4.78, 5) is 2.57. The molecule has 0 amide bonds. The van der Waals surface area contributed by atoms with Gasteiger partial charge in [-0.05, 0) is 65.9 Å². The molecule has 0 saturated carbocycles. The Morgan fingerprint density at radius 1 is 0.606 bits per heavy atom. The molecule has 0 saturated heterocycles. The van der Waals surface area contributed by atoms with Crippen molar-refractivity contribution >= 4 is 0 Å². The van der Waals surface area contributed by atoms with Crippen molar-refractivity contribution in [1.82, 2.24) is 4.90 Å². The van der Waals surface area contributed by atoms with Gasteiger partial charge in [-0.15, -0.1) is 0 Å². The largest absolute Gasteiger partial charge is 0.295 e. The average Bonchev–Trinajstić information content (AvgIpc) is 3.17. The topological polar surface area (TPSA) is 3.24 Å². The minimum atomic E-state index is -0.330. The van der Waals surface area contributed by atoms with Crippen LogP contribution in [0.3, 0.4) is 0 Å². The van der Waals surface area contributed by atoms with Crippen LogP contribution in [0.15, 0.2) is 103 Å². The van der Waals surface area contributed by atoms with E-state index >= 15 is 0 Å². The number of nitrogens with zero attached hydrogens (tertiary/aromatic N) is 1. The van der Waals surface area contributed by atoms with E-state index in [1.165, 1.54) is 38.9 Å². The van der Waals surface area contributed by atoms with E-state index in [9.17, 15) is 0 Å². The second-order valence-corrected chi connectivity index (χ2v) is 9.49. The predicted octanol–water partition coefficient (Wildman–Crippen LogP) is 7.63. The Balaban J connectivity index is 1.92. The van der Waals surface area contributed by atoms with Crippen LogP contribution in [0.2, 0.25) is 0 Å². The predicted molar refractivity (Wildman–Crippen MR) is 140 cm³/mol. The molecule has 0 N–H and O–H groups in total. The van der Waals surface area contributed by atoms with Gasteiger partial charge in [0.2, 0.25) is 0 Å². The smallest absolute Gasteiger partial charge is 0.0713 e. The number of fused-ring (bicyclic) bond motifs is 3. The Morgan fingerprint density at radius 3 is 1.70 bits per heavy atom. The molecule has 0 heterocycles. The lowest BCUT2D eigenvalue weighted by Crippen LogP contribution is -2.41. The molecule has 0 aromatic heterocycles. The van der Waals surface area contributed by atoms with Crippen molar-refractivity contribution in [1.29, 1.82) is 0 Å². The fourth-order valence-corrected chi connectivity index (χ4v) is 6.19. The van der Waals surface area contributed by atoms with Crippen molar-refractivity contribution in [2.24, 2.45) is 0 Å². The Bertz CT molecular complexity index is 1210. The third kappa shape index (κ3) is 3.10. The second-order valence-electron chi connectivity index (χ2n) is 9.49. The summed E-state index contributed by atoms with van der Waals surface area (Å²) in [5.41, 5.74) is 9.16. The molecule has 1 heteroatoms. The van der Waals surface area contributed by atoms with Crippen molar-refractivity contribution in [2.75, 3.05) is 13.1 Å². The monoisotopic (exact) mass is 431 g/mol. The maximum Gasteiger partial charge on any atom is 0.0713 e. The molecule has 33 heavy (non-hydrogen) atoms. The zero-order valence-electron chi connectivity index (χ0n) is 20.2. The van der Waals surface area contributed by atoms with Crippen LogP contribution in [0, 0.1) is 0 Å². The lowest BCUT2D eigenvalue weighted by molar-refractivity contribution is 0.135. The molecule has 0 unspecified atom stereocenters. The Morgan fingerprint density at radius 2 is 1.12 bits per heavy atom. The summed E-state index contributed by atoms with van der Waals surface area (Å²) >= 11 is 0. The van der Waals surface area contributed by atoms with Gasteiger partial charge in [0, 0.05) is 5.54 Å². The van der Waals surface area contributed by atoms with E-state index in [0.717, 1.165) is 13.1 Å². The first kappa shape index (κ1) is 21.7. The standard InChI is InChI=1S/C32H33N/c1-5-33(6-2)31(3,4)28-22-15-23-29-30(28)26-20-13-14-21-27(26)32(29,24-16-9-7-10-17-24)25-18-11-8-12-19-25/h7-23H,5-6H2,1-4H3. The van der Waals surface area contributed by atoms with Gasteiger partial charge in [-0.1, -0.05) is 117 Å². The van der Waals surface area contributed by atoms with E-state index < -0.39 is 0 Å². The van der Waals surface area contributed by atoms with Crippen LogP contribution in [0.5, 0.6) is 0 Å². The molecule has 1 aliphatic rings. The number of hydrogen-bond donors (Lipinski definition) is 0. The minimum Gasteiger partial charge on any atom is -0.295 e. The van der Waals surface area contributed by atoms with E-state index in [-0.39, 0.29) is 11.0 Å². The van der Waals surface area contributed by atoms with Crippen LogP contribution in [-0.2, 0) is 11.0 Å². The van der Waals surface area contributed by atoms with Crippen LogP contribution in [-0.4, -0.2) is 18.0 Å². The average molecular weight is 432 g/mol. The van der Waals surface area contributed by atoms with Gasteiger partial charge in [0.05, 0.1) is 5.41 Å². The zero-order valence-corrected chi connectivity index (χ0v) is 20.2. The van der Waals surface area contributed by atoms with E-state index in [4.69, 9.17) is 0 Å². The first-order valence-corrected chi connectivity index (χ1v) is 12.2. The summed E-state index contributed by atoms with van der Waals surface area (Å²) in [6.45, 7) is 11.3. The van der Waals surface area contributed by atoms with Crippen molar-refractivity contribution < 1.29 is 0 Å². The van der Waals surface area contributed by atoms with Crippen LogP contribution < -0.4 is 0 Å². The highest BCUT2D eigenvalue weighted by Gasteiger charge is 2.47. The van der Waals surface area contributed by atoms with E-state index in [1.807, 2.05) is 0 Å². The highest BCUT2D eigenvalue weighted by molar-refractivity contribution is 5.88. The fraction of sp³-hybridized carbons (Fsp3) is 0.250. The molecule has 0 spiro atoms. The van der Waals surface area contributed by atoms with Crippen molar-refractivity contribution in [3.8, 4) is 11.1 Å². The quantitative estimate of drug-likeness (QED) is 0.267.